The lowest BCUT2D eigenvalue weighted by Crippen LogP contribution is -1.75. The van der Waals surface area contributed by atoms with E-state index < -0.39 is 0 Å². The van der Waals surface area contributed by atoms with Crippen LogP contribution in [-0.4, -0.2) is 9.97 Å². The summed E-state index contributed by atoms with van der Waals surface area (Å²) >= 11 is 0. The molecule has 14 heavy (non-hydrogen) atoms. The van der Waals surface area contributed by atoms with Crippen molar-refractivity contribution in [1.82, 2.24) is 9.97 Å². The van der Waals surface area contributed by atoms with Crippen LogP contribution >= 0.6 is 10.9 Å². The normalized spacial score (nSPS) is 17.0. The van der Waals surface area contributed by atoms with Crippen LogP contribution in [0, 0.1) is 6.33 Å². The first kappa shape index (κ1) is 7.88. The van der Waals surface area contributed by atoms with E-state index in [1.807, 2.05) is 0 Å². The number of hydrogen-bond donors (Lipinski definition) is 2. The van der Waals surface area contributed by atoms with Crippen LogP contribution in [0.5, 0.6) is 0 Å². The van der Waals surface area contributed by atoms with Crippen LogP contribution in [0.1, 0.15) is 0 Å². The summed E-state index contributed by atoms with van der Waals surface area (Å²) in [6.45, 7) is 0. The van der Waals surface area contributed by atoms with E-state index in [-0.39, 0.29) is 10.9 Å². The maximum atomic E-state index is 4.13. The third-order valence-corrected chi connectivity index (χ3v) is 4.11. The molecule has 1 aromatic carbocycles. The molecule has 0 bridgehead atoms. The lowest BCUT2D eigenvalue weighted by molar-refractivity contribution is 1.32. The highest BCUT2D eigenvalue weighted by molar-refractivity contribution is 8.22. The van der Waals surface area contributed by atoms with Crippen molar-refractivity contribution in [2.24, 2.45) is 0 Å². The Labute approximate surface area is 84.7 Å². The fraction of sp³-hybridized carbons (Fsp3) is 0. The average Bonchev–Trinajstić information content (AvgIpc) is 2.88. The monoisotopic (exact) mass is 201 g/mol. The van der Waals surface area contributed by atoms with Crippen LogP contribution < -0.4 is 0 Å². The fourth-order valence-corrected chi connectivity index (χ4v) is 3.07. The van der Waals surface area contributed by atoms with Crippen LogP contribution in [0.15, 0.2) is 46.1 Å². The van der Waals surface area contributed by atoms with Gasteiger partial charge in [0, 0.05) is 0 Å². The van der Waals surface area contributed by atoms with Gasteiger partial charge in [-0.05, 0) is 33.9 Å². The summed E-state index contributed by atoms with van der Waals surface area (Å²) in [6.07, 6.45) is 6.96. The van der Waals surface area contributed by atoms with Gasteiger partial charge in [-0.2, -0.15) is 10.9 Å². The van der Waals surface area contributed by atoms with E-state index in [0.29, 0.717) is 0 Å². The number of allylic oxidation sites excluding steroid dienone is 2. The predicted molar refractivity (Wildman–Crippen MR) is 60.5 cm³/mol. The topological polar surface area (TPSA) is 28.7 Å². The quantitative estimate of drug-likeness (QED) is 0.682. The third-order valence-electron chi connectivity index (χ3n) is 2.25. The number of aromatic nitrogens is 2. The summed E-state index contributed by atoms with van der Waals surface area (Å²) in [5.74, 6) is 0. The van der Waals surface area contributed by atoms with Gasteiger partial charge in [-0.3, -0.25) is 0 Å². The molecule has 0 amide bonds. The van der Waals surface area contributed by atoms with Gasteiger partial charge in [0.25, 0.3) is 0 Å². The molecule has 0 aliphatic carbocycles. The van der Waals surface area contributed by atoms with E-state index in [1.54, 1.807) is 0 Å². The summed E-state index contributed by atoms with van der Waals surface area (Å²) < 4.78 is 0. The number of benzene rings is 1. The van der Waals surface area contributed by atoms with Gasteiger partial charge in [0.15, 0.2) is 6.33 Å². The van der Waals surface area contributed by atoms with Gasteiger partial charge in [-0.15, -0.1) is 0 Å². The minimum Gasteiger partial charge on any atom is -0.335 e. The summed E-state index contributed by atoms with van der Waals surface area (Å²) in [6, 6.07) is 6.35. The molecule has 1 aliphatic rings. The molecule has 0 unspecified atom stereocenters. The van der Waals surface area contributed by atoms with Crippen LogP contribution in [-0.2, 0) is 0 Å². The van der Waals surface area contributed by atoms with Gasteiger partial charge >= 0.3 is 0 Å². The minimum atomic E-state index is -0.223. The molecule has 2 nitrogen and oxygen atoms in total. The molecular formula is C11H9N2S. The number of H-pyrrole nitrogens is 1. The highest BCUT2D eigenvalue weighted by atomic mass is 32.2. The Morgan fingerprint density at radius 1 is 1.21 bits per heavy atom. The molecule has 0 atom stereocenters. The molecule has 69 valence electrons. The number of thiol groups is 1. The first-order valence-electron chi connectivity index (χ1n) is 4.43. The molecule has 2 heterocycles. The Balaban J connectivity index is 2.13. The van der Waals surface area contributed by atoms with Gasteiger partial charge in [0.1, 0.15) is 0 Å². The first-order valence-corrected chi connectivity index (χ1v) is 5.91. The summed E-state index contributed by atoms with van der Waals surface area (Å²) in [5, 5.41) is 4.49. The summed E-state index contributed by atoms with van der Waals surface area (Å²) in [4.78, 5) is 8.45. The van der Waals surface area contributed by atoms with Crippen molar-refractivity contribution >= 4 is 21.9 Å². The average molecular weight is 201 g/mol. The van der Waals surface area contributed by atoms with E-state index in [4.69, 9.17) is 0 Å². The number of aromatic amines is 1. The molecule has 2 aromatic rings. The molecule has 0 saturated heterocycles. The smallest absolute Gasteiger partial charge is 0.174 e. The van der Waals surface area contributed by atoms with Crippen molar-refractivity contribution in [1.29, 1.82) is 0 Å². The summed E-state index contributed by atoms with van der Waals surface area (Å²) in [5.41, 5.74) is 2.05. The van der Waals surface area contributed by atoms with Crippen molar-refractivity contribution < 1.29 is 0 Å². The number of imidazole rings is 1. The van der Waals surface area contributed by atoms with Crippen molar-refractivity contribution in [2.45, 2.75) is 4.90 Å². The molecule has 0 fully saturated rings. The number of rotatable bonds is 1. The van der Waals surface area contributed by atoms with Gasteiger partial charge in [0.2, 0.25) is 0 Å². The number of hydrogen-bond acceptors (Lipinski definition) is 1. The van der Waals surface area contributed by atoms with E-state index in [0.717, 1.165) is 11.0 Å². The molecule has 1 radical (unpaired) electrons. The zero-order valence-corrected chi connectivity index (χ0v) is 8.33. The lowest BCUT2D eigenvalue weighted by Gasteiger charge is -2.09. The largest absolute Gasteiger partial charge is 0.335 e. The summed E-state index contributed by atoms with van der Waals surface area (Å²) in [7, 11) is -0.223. The number of fused-ring (bicyclic) bond motifs is 1. The zero-order chi connectivity index (χ0) is 9.38. The maximum Gasteiger partial charge on any atom is 0.174 e. The van der Waals surface area contributed by atoms with Gasteiger partial charge in [-0.1, -0.05) is 12.2 Å². The molecule has 1 aromatic heterocycles. The zero-order valence-electron chi connectivity index (χ0n) is 7.44. The second kappa shape index (κ2) is 3.03. The molecule has 3 rings (SSSR count). The van der Waals surface area contributed by atoms with Crippen LogP contribution in [0.25, 0.3) is 11.0 Å². The van der Waals surface area contributed by atoms with E-state index in [1.165, 1.54) is 4.90 Å². The van der Waals surface area contributed by atoms with Crippen molar-refractivity contribution in [3.05, 3.63) is 47.5 Å². The van der Waals surface area contributed by atoms with Crippen molar-refractivity contribution in [2.75, 3.05) is 0 Å². The van der Waals surface area contributed by atoms with E-state index in [9.17, 15) is 0 Å². The van der Waals surface area contributed by atoms with Gasteiger partial charge in [-0.25, -0.2) is 4.98 Å². The Bertz CT molecular complexity index is 513. The van der Waals surface area contributed by atoms with E-state index >= 15 is 0 Å². The molecular weight excluding hydrogens is 192 g/mol. The lowest BCUT2D eigenvalue weighted by atomic mass is 10.3. The van der Waals surface area contributed by atoms with Crippen LogP contribution in [0.2, 0.25) is 0 Å². The number of nitrogens with one attached hydrogen (secondary N) is 1. The number of nitrogens with zero attached hydrogens (tertiary/aromatic N) is 1. The van der Waals surface area contributed by atoms with Crippen LogP contribution in [0.3, 0.4) is 0 Å². The standard InChI is InChI=1S/C11H9N2S/c1-2-6-14(5-1)9-3-4-10-11(7-9)13-8-12-10/h1-7,14H,(H,12,13). The molecule has 0 saturated carbocycles. The third kappa shape index (κ3) is 1.17. The second-order valence-corrected chi connectivity index (χ2v) is 5.07. The SMILES string of the molecule is [c]1nc2cc([SH]3C=CC=C3)ccc2[nH]1. The predicted octanol–water partition coefficient (Wildman–Crippen LogP) is 2.76. The molecule has 1 aliphatic heterocycles. The fourth-order valence-electron chi connectivity index (χ4n) is 1.53. The Kier molecular flexibility index (Phi) is 1.70. The second-order valence-electron chi connectivity index (χ2n) is 3.14. The van der Waals surface area contributed by atoms with Gasteiger partial charge < -0.3 is 4.98 Å². The maximum absolute atomic E-state index is 4.13. The van der Waals surface area contributed by atoms with Gasteiger partial charge in [0.05, 0.1) is 11.0 Å². The molecule has 3 heteroatoms. The van der Waals surface area contributed by atoms with Crippen LogP contribution in [0.4, 0.5) is 0 Å². The Morgan fingerprint density at radius 2 is 2.07 bits per heavy atom. The van der Waals surface area contributed by atoms with E-state index in [2.05, 4.69) is 57.5 Å². The Hall–Kier alpha value is -1.48. The van der Waals surface area contributed by atoms with Crippen molar-refractivity contribution in [3.63, 3.8) is 0 Å². The molecule has 0 spiro atoms. The highest BCUT2D eigenvalue weighted by Gasteiger charge is 2.04. The highest BCUT2D eigenvalue weighted by Crippen LogP contribution is 2.42. The molecule has 1 N–H and O–H groups in total. The Morgan fingerprint density at radius 3 is 2.93 bits per heavy atom. The van der Waals surface area contributed by atoms with Crippen molar-refractivity contribution in [3.8, 4) is 0 Å². The minimum absolute atomic E-state index is 0.223. The first-order chi connectivity index (χ1) is 6.93.